The van der Waals surface area contributed by atoms with Gasteiger partial charge in [-0.3, -0.25) is 5.84 Å². The van der Waals surface area contributed by atoms with Gasteiger partial charge >= 0.3 is 0 Å². The first-order valence-corrected chi connectivity index (χ1v) is 7.38. The van der Waals surface area contributed by atoms with Crippen molar-refractivity contribution < 1.29 is 8.42 Å². The molecule has 100 valence electrons. The van der Waals surface area contributed by atoms with Gasteiger partial charge in [-0.15, -0.1) is 0 Å². The summed E-state index contributed by atoms with van der Waals surface area (Å²) in [7, 11) is -1.74. The summed E-state index contributed by atoms with van der Waals surface area (Å²) in [6.07, 6.45) is 1.91. The Morgan fingerprint density at radius 2 is 1.78 bits per heavy atom. The molecule has 0 radical (unpaired) electrons. The molecule has 1 aliphatic rings. The standard InChI is InChI=1S/C12H19N3O2S/c1-8-6-10(14-13)7-9(2)12(8)18(16,17)15(3)11-4-5-11/h6-7,11,14H,4-5,13H2,1-3H3. The minimum absolute atomic E-state index is 0.168. The average Bonchev–Trinajstić information content (AvgIpc) is 3.10. The molecule has 0 aromatic heterocycles. The largest absolute Gasteiger partial charge is 0.324 e. The number of nitrogens with zero attached hydrogens (tertiary/aromatic N) is 1. The molecular formula is C12H19N3O2S. The molecule has 0 aliphatic heterocycles. The van der Waals surface area contributed by atoms with E-state index in [2.05, 4.69) is 5.43 Å². The lowest BCUT2D eigenvalue weighted by atomic mass is 10.1. The number of anilines is 1. The molecule has 0 atom stereocenters. The molecule has 1 saturated carbocycles. The number of sulfonamides is 1. The van der Waals surface area contributed by atoms with Crippen LogP contribution < -0.4 is 11.3 Å². The summed E-state index contributed by atoms with van der Waals surface area (Å²) in [4.78, 5) is 0.399. The number of rotatable bonds is 4. The van der Waals surface area contributed by atoms with Crippen molar-refractivity contribution >= 4 is 15.7 Å². The molecule has 0 spiro atoms. The van der Waals surface area contributed by atoms with E-state index in [0.29, 0.717) is 4.90 Å². The van der Waals surface area contributed by atoms with Gasteiger partial charge in [0.15, 0.2) is 0 Å². The fourth-order valence-electron chi connectivity index (χ4n) is 2.22. The summed E-state index contributed by atoms with van der Waals surface area (Å²) in [6, 6.07) is 3.67. The number of nitrogens with two attached hydrogens (primary N) is 1. The van der Waals surface area contributed by atoms with E-state index < -0.39 is 10.0 Å². The predicted octanol–water partition coefficient (Wildman–Crippen LogP) is 1.37. The van der Waals surface area contributed by atoms with Crippen LogP contribution in [0, 0.1) is 13.8 Å². The van der Waals surface area contributed by atoms with E-state index in [1.54, 1.807) is 33.0 Å². The number of nitrogen functional groups attached to an aromatic ring is 1. The van der Waals surface area contributed by atoms with Crippen LogP contribution in [0.5, 0.6) is 0 Å². The van der Waals surface area contributed by atoms with E-state index in [1.807, 2.05) is 0 Å². The molecule has 1 aromatic rings. The summed E-state index contributed by atoms with van der Waals surface area (Å²) in [6.45, 7) is 3.59. The fourth-order valence-corrected chi connectivity index (χ4v) is 4.04. The Morgan fingerprint density at radius 1 is 1.28 bits per heavy atom. The second-order valence-electron chi connectivity index (χ2n) is 4.84. The molecule has 2 rings (SSSR count). The molecule has 6 heteroatoms. The van der Waals surface area contributed by atoms with E-state index in [4.69, 9.17) is 5.84 Å². The molecule has 1 fully saturated rings. The van der Waals surface area contributed by atoms with Crippen molar-refractivity contribution in [2.45, 2.75) is 37.6 Å². The Labute approximate surface area is 108 Å². The summed E-state index contributed by atoms with van der Waals surface area (Å²) in [5.74, 6) is 5.35. The van der Waals surface area contributed by atoms with Gasteiger partial charge < -0.3 is 5.43 Å². The normalized spacial score (nSPS) is 16.1. The van der Waals surface area contributed by atoms with Crippen LogP contribution in [-0.4, -0.2) is 25.8 Å². The van der Waals surface area contributed by atoms with Crippen molar-refractivity contribution in [2.75, 3.05) is 12.5 Å². The lowest BCUT2D eigenvalue weighted by Gasteiger charge is -2.20. The zero-order valence-electron chi connectivity index (χ0n) is 10.9. The minimum atomic E-state index is -3.40. The Balaban J connectivity index is 2.50. The quantitative estimate of drug-likeness (QED) is 0.639. The van der Waals surface area contributed by atoms with Gasteiger partial charge in [-0.05, 0) is 49.9 Å². The predicted molar refractivity (Wildman–Crippen MR) is 71.7 cm³/mol. The van der Waals surface area contributed by atoms with Crippen LogP contribution in [-0.2, 0) is 10.0 Å². The maximum Gasteiger partial charge on any atom is 0.243 e. The second kappa shape index (κ2) is 4.53. The number of nitrogens with one attached hydrogen (secondary N) is 1. The Kier molecular flexibility index (Phi) is 3.35. The molecule has 0 saturated heterocycles. The highest BCUT2D eigenvalue weighted by Gasteiger charge is 2.36. The maximum absolute atomic E-state index is 12.5. The van der Waals surface area contributed by atoms with Crippen LogP contribution >= 0.6 is 0 Å². The van der Waals surface area contributed by atoms with E-state index in [9.17, 15) is 8.42 Å². The van der Waals surface area contributed by atoms with E-state index >= 15 is 0 Å². The third-order valence-corrected chi connectivity index (χ3v) is 5.54. The number of hydrazine groups is 1. The van der Waals surface area contributed by atoms with Crippen LogP contribution in [0.4, 0.5) is 5.69 Å². The Bertz CT molecular complexity index is 542. The van der Waals surface area contributed by atoms with Gasteiger partial charge in [-0.25, -0.2) is 8.42 Å². The van der Waals surface area contributed by atoms with E-state index in [-0.39, 0.29) is 6.04 Å². The summed E-state index contributed by atoms with van der Waals surface area (Å²) >= 11 is 0. The van der Waals surface area contributed by atoms with Gasteiger partial charge in [0.05, 0.1) is 4.90 Å². The monoisotopic (exact) mass is 269 g/mol. The number of hydrogen-bond acceptors (Lipinski definition) is 4. The van der Waals surface area contributed by atoms with Crippen molar-refractivity contribution in [1.29, 1.82) is 0 Å². The molecular weight excluding hydrogens is 250 g/mol. The van der Waals surface area contributed by atoms with E-state index in [0.717, 1.165) is 29.7 Å². The van der Waals surface area contributed by atoms with Gasteiger partial charge in [0.25, 0.3) is 0 Å². The summed E-state index contributed by atoms with van der Waals surface area (Å²) in [5.41, 5.74) is 4.70. The molecule has 1 aromatic carbocycles. The smallest absolute Gasteiger partial charge is 0.243 e. The van der Waals surface area contributed by atoms with Gasteiger partial charge in [0.1, 0.15) is 0 Å². The summed E-state index contributed by atoms with van der Waals surface area (Å²) < 4.78 is 26.5. The van der Waals surface area contributed by atoms with Crippen molar-refractivity contribution in [1.82, 2.24) is 4.31 Å². The second-order valence-corrected chi connectivity index (χ2v) is 6.77. The van der Waals surface area contributed by atoms with Crippen molar-refractivity contribution in [3.8, 4) is 0 Å². The van der Waals surface area contributed by atoms with Gasteiger partial charge in [0, 0.05) is 18.8 Å². The highest BCUT2D eigenvalue weighted by Crippen LogP contribution is 2.33. The van der Waals surface area contributed by atoms with Crippen LogP contribution in [0.15, 0.2) is 17.0 Å². The molecule has 0 unspecified atom stereocenters. The Morgan fingerprint density at radius 3 is 2.17 bits per heavy atom. The molecule has 3 N–H and O–H groups in total. The minimum Gasteiger partial charge on any atom is -0.324 e. The van der Waals surface area contributed by atoms with Crippen molar-refractivity contribution in [3.63, 3.8) is 0 Å². The Hall–Kier alpha value is -1.11. The van der Waals surface area contributed by atoms with Crippen molar-refractivity contribution in [3.05, 3.63) is 23.3 Å². The fraction of sp³-hybridized carbons (Fsp3) is 0.500. The lowest BCUT2D eigenvalue weighted by Crippen LogP contribution is -2.30. The number of aryl methyl sites for hydroxylation is 2. The zero-order valence-corrected chi connectivity index (χ0v) is 11.7. The highest BCUT2D eigenvalue weighted by atomic mass is 32.2. The van der Waals surface area contributed by atoms with Crippen LogP contribution in [0.3, 0.4) is 0 Å². The van der Waals surface area contributed by atoms with Gasteiger partial charge in [0.2, 0.25) is 10.0 Å². The van der Waals surface area contributed by atoms with Crippen LogP contribution in [0.2, 0.25) is 0 Å². The van der Waals surface area contributed by atoms with Gasteiger partial charge in [-0.2, -0.15) is 4.31 Å². The third-order valence-electron chi connectivity index (χ3n) is 3.33. The first-order valence-electron chi connectivity index (χ1n) is 5.94. The summed E-state index contributed by atoms with van der Waals surface area (Å²) in [5, 5.41) is 0. The molecule has 5 nitrogen and oxygen atoms in total. The number of hydrogen-bond donors (Lipinski definition) is 2. The van der Waals surface area contributed by atoms with Crippen LogP contribution in [0.1, 0.15) is 24.0 Å². The number of benzene rings is 1. The first kappa shape index (κ1) is 13.3. The molecule has 0 amide bonds. The highest BCUT2D eigenvalue weighted by molar-refractivity contribution is 7.89. The third kappa shape index (κ3) is 2.23. The van der Waals surface area contributed by atoms with Crippen molar-refractivity contribution in [2.24, 2.45) is 5.84 Å². The maximum atomic E-state index is 12.5. The first-order chi connectivity index (χ1) is 8.37. The van der Waals surface area contributed by atoms with E-state index in [1.165, 1.54) is 4.31 Å². The molecule has 0 heterocycles. The molecule has 1 aliphatic carbocycles. The van der Waals surface area contributed by atoms with Crippen LogP contribution in [0.25, 0.3) is 0 Å². The topological polar surface area (TPSA) is 75.4 Å². The lowest BCUT2D eigenvalue weighted by molar-refractivity contribution is 0.463. The molecule has 0 bridgehead atoms. The molecule has 18 heavy (non-hydrogen) atoms. The zero-order chi connectivity index (χ0) is 13.5. The SMILES string of the molecule is Cc1cc(NN)cc(C)c1S(=O)(=O)N(C)C1CC1. The average molecular weight is 269 g/mol. The van der Waals surface area contributed by atoms with Gasteiger partial charge in [-0.1, -0.05) is 0 Å².